The van der Waals surface area contributed by atoms with Crippen molar-refractivity contribution in [2.45, 2.75) is 25.4 Å². The molecule has 0 amide bonds. The summed E-state index contributed by atoms with van der Waals surface area (Å²) in [6.07, 6.45) is -2.45. The molecule has 0 saturated carbocycles. The smallest absolute Gasteiger partial charge is 0.261 e. The standard InChI is InChI=1S/C12H14Cl2F2O2/c13-10-2-1-8(6-11(10)14)5-9(17)3-4-18-7-12(15)16/h1-2,6,9,12,17H,3-5,7H2. The molecule has 0 radical (unpaired) electrons. The fraction of sp³-hybridized carbons (Fsp3) is 0.500. The summed E-state index contributed by atoms with van der Waals surface area (Å²) in [6.45, 7) is -0.494. The Balaban J connectivity index is 2.31. The molecule has 0 saturated heterocycles. The van der Waals surface area contributed by atoms with Crippen LogP contribution in [0.1, 0.15) is 12.0 Å². The van der Waals surface area contributed by atoms with Gasteiger partial charge >= 0.3 is 0 Å². The molecular formula is C12H14Cl2F2O2. The fourth-order valence-corrected chi connectivity index (χ4v) is 1.75. The van der Waals surface area contributed by atoms with Gasteiger partial charge in [-0.3, -0.25) is 0 Å². The number of benzene rings is 1. The van der Waals surface area contributed by atoms with Crippen molar-refractivity contribution in [3.8, 4) is 0 Å². The number of aliphatic hydroxyl groups is 1. The zero-order valence-corrected chi connectivity index (χ0v) is 11.1. The van der Waals surface area contributed by atoms with E-state index in [9.17, 15) is 13.9 Å². The van der Waals surface area contributed by atoms with Crippen LogP contribution >= 0.6 is 23.2 Å². The average molecular weight is 299 g/mol. The van der Waals surface area contributed by atoms with Crippen LogP contribution in [0.2, 0.25) is 10.0 Å². The van der Waals surface area contributed by atoms with Crippen molar-refractivity contribution in [3.05, 3.63) is 33.8 Å². The second-order valence-corrected chi connectivity index (χ2v) is 4.68. The number of aliphatic hydroxyl groups excluding tert-OH is 1. The van der Waals surface area contributed by atoms with Gasteiger partial charge in [-0.25, -0.2) is 8.78 Å². The topological polar surface area (TPSA) is 29.5 Å². The van der Waals surface area contributed by atoms with Crippen LogP contribution in [0.4, 0.5) is 8.78 Å². The molecule has 18 heavy (non-hydrogen) atoms. The summed E-state index contributed by atoms with van der Waals surface area (Å²) in [7, 11) is 0. The Hall–Kier alpha value is -0.420. The van der Waals surface area contributed by atoms with Gasteiger partial charge in [0.2, 0.25) is 0 Å². The van der Waals surface area contributed by atoms with Crippen molar-refractivity contribution in [2.24, 2.45) is 0 Å². The van der Waals surface area contributed by atoms with Gasteiger partial charge in [0.15, 0.2) is 0 Å². The summed E-state index contributed by atoms with van der Waals surface area (Å²) in [5.41, 5.74) is 0.839. The molecule has 6 heteroatoms. The zero-order valence-electron chi connectivity index (χ0n) is 9.58. The van der Waals surface area contributed by atoms with Crippen molar-refractivity contribution in [1.29, 1.82) is 0 Å². The molecular weight excluding hydrogens is 285 g/mol. The lowest BCUT2D eigenvalue weighted by Crippen LogP contribution is -2.15. The van der Waals surface area contributed by atoms with Crippen molar-refractivity contribution in [1.82, 2.24) is 0 Å². The second-order valence-electron chi connectivity index (χ2n) is 3.86. The highest BCUT2D eigenvalue weighted by Crippen LogP contribution is 2.23. The molecule has 0 bridgehead atoms. The van der Waals surface area contributed by atoms with Crippen LogP contribution in [0.15, 0.2) is 18.2 Å². The third kappa shape index (κ3) is 5.96. The van der Waals surface area contributed by atoms with Gasteiger partial charge in [0.05, 0.1) is 16.1 Å². The van der Waals surface area contributed by atoms with Crippen LogP contribution in [0, 0.1) is 0 Å². The van der Waals surface area contributed by atoms with Crippen molar-refractivity contribution in [2.75, 3.05) is 13.2 Å². The van der Waals surface area contributed by atoms with E-state index in [4.69, 9.17) is 23.2 Å². The number of rotatable bonds is 7. The van der Waals surface area contributed by atoms with Gasteiger partial charge in [0.1, 0.15) is 6.61 Å². The van der Waals surface area contributed by atoms with Gasteiger partial charge in [-0.1, -0.05) is 29.3 Å². The summed E-state index contributed by atoms with van der Waals surface area (Å²) >= 11 is 11.6. The second kappa shape index (κ2) is 7.89. The molecule has 1 atom stereocenters. The highest BCUT2D eigenvalue weighted by molar-refractivity contribution is 6.42. The minimum Gasteiger partial charge on any atom is -0.393 e. The lowest BCUT2D eigenvalue weighted by Gasteiger charge is -2.11. The SMILES string of the molecule is OC(CCOCC(F)F)Cc1ccc(Cl)c(Cl)c1. The molecule has 1 aromatic rings. The first-order chi connectivity index (χ1) is 8.49. The van der Waals surface area contributed by atoms with Crippen molar-refractivity contribution < 1.29 is 18.6 Å². The quantitative estimate of drug-likeness (QED) is 0.780. The monoisotopic (exact) mass is 298 g/mol. The summed E-state index contributed by atoms with van der Waals surface area (Å²) in [5, 5.41) is 10.6. The van der Waals surface area contributed by atoms with E-state index < -0.39 is 19.1 Å². The molecule has 1 rings (SSSR count). The van der Waals surface area contributed by atoms with Crippen LogP contribution in [0.3, 0.4) is 0 Å². The van der Waals surface area contributed by atoms with E-state index in [1.165, 1.54) is 0 Å². The molecule has 1 N–H and O–H groups in total. The highest BCUT2D eigenvalue weighted by Gasteiger charge is 2.08. The van der Waals surface area contributed by atoms with Crippen LogP contribution in [0.5, 0.6) is 0 Å². The van der Waals surface area contributed by atoms with E-state index in [-0.39, 0.29) is 6.61 Å². The van der Waals surface area contributed by atoms with E-state index in [1.54, 1.807) is 18.2 Å². The summed E-state index contributed by atoms with van der Waals surface area (Å²) in [6, 6.07) is 5.09. The first-order valence-electron chi connectivity index (χ1n) is 5.47. The lowest BCUT2D eigenvalue weighted by atomic mass is 10.1. The average Bonchev–Trinajstić information content (AvgIpc) is 2.29. The van der Waals surface area contributed by atoms with Crippen LogP contribution in [-0.2, 0) is 11.2 Å². The largest absolute Gasteiger partial charge is 0.393 e. The number of hydrogen-bond acceptors (Lipinski definition) is 2. The molecule has 0 spiro atoms. The number of alkyl halides is 2. The maximum atomic E-state index is 11.8. The highest BCUT2D eigenvalue weighted by atomic mass is 35.5. The Morgan fingerprint density at radius 1 is 1.22 bits per heavy atom. The predicted octanol–water partition coefficient (Wildman–Crippen LogP) is 3.57. The van der Waals surface area contributed by atoms with E-state index >= 15 is 0 Å². The van der Waals surface area contributed by atoms with Gasteiger partial charge in [-0.05, 0) is 30.5 Å². The maximum absolute atomic E-state index is 11.8. The number of ether oxygens (including phenoxy) is 1. The maximum Gasteiger partial charge on any atom is 0.261 e. The van der Waals surface area contributed by atoms with Gasteiger partial charge in [0, 0.05) is 6.61 Å². The normalized spacial score (nSPS) is 13.0. The fourth-order valence-electron chi connectivity index (χ4n) is 1.43. The number of hydrogen-bond donors (Lipinski definition) is 1. The third-order valence-corrected chi connectivity index (χ3v) is 3.03. The molecule has 0 fully saturated rings. The van der Waals surface area contributed by atoms with Crippen molar-refractivity contribution in [3.63, 3.8) is 0 Å². The van der Waals surface area contributed by atoms with E-state index in [2.05, 4.69) is 4.74 Å². The molecule has 0 aliphatic carbocycles. The van der Waals surface area contributed by atoms with Crippen LogP contribution < -0.4 is 0 Å². The third-order valence-electron chi connectivity index (χ3n) is 2.29. The van der Waals surface area contributed by atoms with Gasteiger partial charge in [0.25, 0.3) is 6.43 Å². The Morgan fingerprint density at radius 3 is 2.56 bits per heavy atom. The van der Waals surface area contributed by atoms with E-state index in [0.29, 0.717) is 22.9 Å². The zero-order chi connectivity index (χ0) is 13.5. The Kier molecular flexibility index (Phi) is 6.86. The summed E-state index contributed by atoms with van der Waals surface area (Å²) in [5.74, 6) is 0. The first-order valence-corrected chi connectivity index (χ1v) is 6.22. The molecule has 0 aliphatic rings. The van der Waals surface area contributed by atoms with Gasteiger partial charge < -0.3 is 9.84 Å². The molecule has 0 heterocycles. The summed E-state index contributed by atoms with van der Waals surface area (Å²) in [4.78, 5) is 0. The van der Waals surface area contributed by atoms with Crippen LogP contribution in [-0.4, -0.2) is 30.8 Å². The Morgan fingerprint density at radius 2 is 1.94 bits per heavy atom. The number of halogens is 4. The minimum atomic E-state index is -2.47. The molecule has 0 aromatic heterocycles. The predicted molar refractivity (Wildman–Crippen MR) is 67.6 cm³/mol. The lowest BCUT2D eigenvalue weighted by molar-refractivity contribution is 0.00512. The molecule has 0 aliphatic heterocycles. The molecule has 1 aromatic carbocycles. The summed E-state index contributed by atoms with van der Waals surface area (Å²) < 4.78 is 28.2. The minimum absolute atomic E-state index is 0.104. The van der Waals surface area contributed by atoms with Gasteiger partial charge in [-0.15, -0.1) is 0 Å². The van der Waals surface area contributed by atoms with Gasteiger partial charge in [-0.2, -0.15) is 0 Å². The molecule has 102 valence electrons. The van der Waals surface area contributed by atoms with Crippen molar-refractivity contribution >= 4 is 23.2 Å². The molecule has 2 nitrogen and oxygen atoms in total. The van der Waals surface area contributed by atoms with E-state index in [0.717, 1.165) is 5.56 Å². The Bertz CT molecular complexity index is 375. The van der Waals surface area contributed by atoms with E-state index in [1.807, 2.05) is 0 Å². The van der Waals surface area contributed by atoms with Crippen LogP contribution in [0.25, 0.3) is 0 Å². The first kappa shape index (κ1) is 15.6. The molecule has 1 unspecified atom stereocenters. The Labute approximate surface area is 114 Å².